The van der Waals surface area contributed by atoms with Crippen LogP contribution in [0.15, 0.2) is 0 Å². The van der Waals surface area contributed by atoms with Crippen molar-refractivity contribution in [2.45, 2.75) is 57.4 Å². The summed E-state index contributed by atoms with van der Waals surface area (Å²) in [5.74, 6) is 3.86. The van der Waals surface area contributed by atoms with Crippen molar-refractivity contribution in [2.24, 2.45) is 5.92 Å². The highest BCUT2D eigenvalue weighted by atomic mass is 32.2. The Kier molecular flexibility index (Phi) is 4.39. The molecule has 0 aromatic carbocycles. The first-order chi connectivity index (χ1) is 7.29. The average molecular weight is 227 g/mol. The minimum absolute atomic E-state index is 0.475. The first kappa shape index (κ1) is 11.8. The SMILES string of the molecule is CC1(CCC2CCSCC2)CCCCN1. The maximum atomic E-state index is 3.73. The van der Waals surface area contributed by atoms with Crippen molar-refractivity contribution in [1.29, 1.82) is 0 Å². The van der Waals surface area contributed by atoms with Crippen LogP contribution in [0.5, 0.6) is 0 Å². The number of piperidine rings is 1. The van der Waals surface area contributed by atoms with Gasteiger partial charge in [-0.05, 0) is 69.4 Å². The third kappa shape index (κ3) is 3.67. The van der Waals surface area contributed by atoms with Gasteiger partial charge in [-0.1, -0.05) is 6.42 Å². The third-order valence-electron chi connectivity index (χ3n) is 4.15. The van der Waals surface area contributed by atoms with Gasteiger partial charge in [-0.15, -0.1) is 0 Å². The van der Waals surface area contributed by atoms with Gasteiger partial charge in [0.2, 0.25) is 0 Å². The van der Waals surface area contributed by atoms with Crippen LogP contribution >= 0.6 is 11.8 Å². The van der Waals surface area contributed by atoms with E-state index in [4.69, 9.17) is 0 Å². The largest absolute Gasteiger partial charge is 0.312 e. The number of rotatable bonds is 3. The molecular weight excluding hydrogens is 202 g/mol. The van der Waals surface area contributed by atoms with E-state index in [1.165, 1.54) is 63.0 Å². The molecule has 0 aliphatic carbocycles. The summed E-state index contributed by atoms with van der Waals surface area (Å²) in [7, 11) is 0. The van der Waals surface area contributed by atoms with Crippen LogP contribution in [0, 0.1) is 5.92 Å². The van der Waals surface area contributed by atoms with Crippen LogP contribution < -0.4 is 5.32 Å². The Morgan fingerprint density at radius 1 is 1.27 bits per heavy atom. The predicted molar refractivity (Wildman–Crippen MR) is 69.5 cm³/mol. The van der Waals surface area contributed by atoms with Crippen molar-refractivity contribution in [3.8, 4) is 0 Å². The minimum Gasteiger partial charge on any atom is -0.312 e. The number of hydrogen-bond acceptors (Lipinski definition) is 2. The third-order valence-corrected chi connectivity index (χ3v) is 5.20. The molecule has 1 unspecified atom stereocenters. The van der Waals surface area contributed by atoms with Crippen LogP contribution in [0.2, 0.25) is 0 Å². The van der Waals surface area contributed by atoms with E-state index in [2.05, 4.69) is 24.0 Å². The van der Waals surface area contributed by atoms with Crippen LogP contribution in [-0.2, 0) is 0 Å². The maximum Gasteiger partial charge on any atom is 0.0153 e. The summed E-state index contributed by atoms with van der Waals surface area (Å²) in [6.07, 6.45) is 10.0. The van der Waals surface area contributed by atoms with Gasteiger partial charge in [0.05, 0.1) is 0 Å². The normalized spacial score (nSPS) is 34.2. The lowest BCUT2D eigenvalue weighted by molar-refractivity contribution is 0.237. The first-order valence-corrected chi connectivity index (χ1v) is 7.77. The Balaban J connectivity index is 1.70. The van der Waals surface area contributed by atoms with E-state index in [9.17, 15) is 0 Å². The molecule has 0 amide bonds. The van der Waals surface area contributed by atoms with Crippen LogP contribution in [0.25, 0.3) is 0 Å². The molecule has 88 valence electrons. The molecular formula is C13H25NS. The Labute approximate surface area is 98.8 Å². The minimum atomic E-state index is 0.475. The van der Waals surface area contributed by atoms with Gasteiger partial charge < -0.3 is 5.32 Å². The standard InChI is InChI=1S/C13H25NS/c1-13(7-2-3-9-14-13)8-4-12-5-10-15-11-6-12/h12,14H,2-11H2,1H3. The highest BCUT2D eigenvalue weighted by Crippen LogP contribution is 2.31. The van der Waals surface area contributed by atoms with Gasteiger partial charge in [-0.3, -0.25) is 0 Å². The fraction of sp³-hybridized carbons (Fsp3) is 1.00. The van der Waals surface area contributed by atoms with Crippen LogP contribution in [0.3, 0.4) is 0 Å². The van der Waals surface area contributed by atoms with Gasteiger partial charge in [0.25, 0.3) is 0 Å². The van der Waals surface area contributed by atoms with Crippen molar-refractivity contribution in [3.05, 3.63) is 0 Å². The monoisotopic (exact) mass is 227 g/mol. The summed E-state index contributed by atoms with van der Waals surface area (Å²) in [5, 5.41) is 3.73. The highest BCUT2D eigenvalue weighted by Gasteiger charge is 2.27. The summed E-state index contributed by atoms with van der Waals surface area (Å²) in [4.78, 5) is 0. The zero-order valence-electron chi connectivity index (χ0n) is 10.1. The number of hydrogen-bond donors (Lipinski definition) is 1. The zero-order chi connectivity index (χ0) is 10.6. The molecule has 0 spiro atoms. The maximum absolute atomic E-state index is 3.73. The van der Waals surface area contributed by atoms with E-state index in [0.29, 0.717) is 5.54 Å². The highest BCUT2D eigenvalue weighted by molar-refractivity contribution is 7.99. The Hall–Kier alpha value is 0.310. The fourth-order valence-electron chi connectivity index (χ4n) is 2.89. The molecule has 2 aliphatic rings. The summed E-state index contributed by atoms with van der Waals surface area (Å²) in [6, 6.07) is 0. The summed E-state index contributed by atoms with van der Waals surface area (Å²) in [5.41, 5.74) is 0.475. The zero-order valence-corrected chi connectivity index (χ0v) is 10.9. The molecule has 2 aliphatic heterocycles. The quantitative estimate of drug-likeness (QED) is 0.792. The summed E-state index contributed by atoms with van der Waals surface area (Å²) >= 11 is 2.14. The molecule has 0 aromatic rings. The summed E-state index contributed by atoms with van der Waals surface area (Å²) in [6.45, 7) is 3.68. The molecule has 0 aromatic heterocycles. The van der Waals surface area contributed by atoms with E-state index in [1.807, 2.05) is 0 Å². The van der Waals surface area contributed by atoms with Crippen LogP contribution in [0.4, 0.5) is 0 Å². The van der Waals surface area contributed by atoms with E-state index in [-0.39, 0.29) is 0 Å². The molecule has 1 atom stereocenters. The Morgan fingerprint density at radius 2 is 2.07 bits per heavy atom. The lowest BCUT2D eigenvalue weighted by Crippen LogP contribution is -2.46. The molecule has 15 heavy (non-hydrogen) atoms. The number of thioether (sulfide) groups is 1. The van der Waals surface area contributed by atoms with Gasteiger partial charge in [-0.2, -0.15) is 11.8 Å². The van der Waals surface area contributed by atoms with Crippen molar-refractivity contribution in [3.63, 3.8) is 0 Å². The smallest absolute Gasteiger partial charge is 0.0153 e. The fourth-order valence-corrected chi connectivity index (χ4v) is 4.09. The molecule has 1 nitrogen and oxygen atoms in total. The molecule has 2 fully saturated rings. The Morgan fingerprint density at radius 3 is 2.73 bits per heavy atom. The Bertz CT molecular complexity index is 181. The van der Waals surface area contributed by atoms with Crippen molar-refractivity contribution < 1.29 is 0 Å². The molecule has 2 saturated heterocycles. The van der Waals surface area contributed by atoms with E-state index < -0.39 is 0 Å². The predicted octanol–water partition coefficient (Wildman–Crippen LogP) is 3.44. The summed E-state index contributed by atoms with van der Waals surface area (Å²) < 4.78 is 0. The molecule has 0 radical (unpaired) electrons. The lowest BCUT2D eigenvalue weighted by atomic mass is 9.83. The van der Waals surface area contributed by atoms with Crippen molar-refractivity contribution >= 4 is 11.8 Å². The molecule has 2 heterocycles. The molecule has 0 saturated carbocycles. The first-order valence-electron chi connectivity index (χ1n) is 6.61. The van der Waals surface area contributed by atoms with E-state index >= 15 is 0 Å². The number of nitrogens with one attached hydrogen (secondary N) is 1. The van der Waals surface area contributed by atoms with Gasteiger partial charge in [0, 0.05) is 5.54 Å². The average Bonchev–Trinajstić information content (AvgIpc) is 2.29. The van der Waals surface area contributed by atoms with E-state index in [0.717, 1.165) is 5.92 Å². The molecule has 2 rings (SSSR count). The lowest BCUT2D eigenvalue weighted by Gasteiger charge is -2.36. The van der Waals surface area contributed by atoms with Crippen LogP contribution in [0.1, 0.15) is 51.9 Å². The van der Waals surface area contributed by atoms with Gasteiger partial charge in [0.15, 0.2) is 0 Å². The van der Waals surface area contributed by atoms with E-state index in [1.54, 1.807) is 0 Å². The van der Waals surface area contributed by atoms with Gasteiger partial charge in [0.1, 0.15) is 0 Å². The molecule has 1 N–H and O–H groups in total. The second-order valence-electron chi connectivity index (χ2n) is 5.54. The van der Waals surface area contributed by atoms with Gasteiger partial charge in [-0.25, -0.2) is 0 Å². The molecule has 0 bridgehead atoms. The van der Waals surface area contributed by atoms with Crippen molar-refractivity contribution in [1.82, 2.24) is 5.32 Å². The topological polar surface area (TPSA) is 12.0 Å². The second-order valence-corrected chi connectivity index (χ2v) is 6.76. The second kappa shape index (κ2) is 5.58. The van der Waals surface area contributed by atoms with Crippen molar-refractivity contribution in [2.75, 3.05) is 18.1 Å². The van der Waals surface area contributed by atoms with Gasteiger partial charge >= 0.3 is 0 Å². The van der Waals surface area contributed by atoms with Crippen LogP contribution in [-0.4, -0.2) is 23.6 Å². The molecule has 2 heteroatoms.